The molecule has 0 unspecified atom stereocenters. The van der Waals surface area contributed by atoms with Crippen molar-refractivity contribution in [1.82, 2.24) is 0 Å². The molecule has 2 aromatic rings. The van der Waals surface area contributed by atoms with E-state index in [4.69, 9.17) is 9.84 Å². The van der Waals surface area contributed by atoms with Gasteiger partial charge in [-0.3, -0.25) is 0 Å². The van der Waals surface area contributed by atoms with Crippen LogP contribution < -0.4 is 4.74 Å². The SMILES string of the molecule is Cc1ccc(COc2ccc(C(=O)O)cc2)cc1C. The summed E-state index contributed by atoms with van der Waals surface area (Å²) in [5, 5.41) is 8.80. The van der Waals surface area contributed by atoms with Gasteiger partial charge in [0.25, 0.3) is 0 Å². The molecule has 0 atom stereocenters. The minimum atomic E-state index is -0.930. The van der Waals surface area contributed by atoms with Crippen molar-refractivity contribution in [2.45, 2.75) is 20.5 Å². The fourth-order valence-electron chi connectivity index (χ4n) is 1.75. The van der Waals surface area contributed by atoms with Crippen LogP contribution in [0.15, 0.2) is 42.5 Å². The van der Waals surface area contributed by atoms with Crippen molar-refractivity contribution in [1.29, 1.82) is 0 Å². The van der Waals surface area contributed by atoms with Gasteiger partial charge in [-0.25, -0.2) is 4.79 Å². The van der Waals surface area contributed by atoms with Crippen LogP contribution in [0.5, 0.6) is 5.75 Å². The molecule has 19 heavy (non-hydrogen) atoms. The van der Waals surface area contributed by atoms with Crippen molar-refractivity contribution in [3.05, 3.63) is 64.7 Å². The van der Waals surface area contributed by atoms with E-state index in [2.05, 4.69) is 26.0 Å². The van der Waals surface area contributed by atoms with Gasteiger partial charge in [0, 0.05) is 0 Å². The van der Waals surface area contributed by atoms with Crippen molar-refractivity contribution in [3.63, 3.8) is 0 Å². The number of hydrogen-bond donors (Lipinski definition) is 1. The summed E-state index contributed by atoms with van der Waals surface area (Å²) < 4.78 is 5.63. The first-order chi connectivity index (χ1) is 9.06. The van der Waals surface area contributed by atoms with E-state index < -0.39 is 5.97 Å². The maximum atomic E-state index is 10.7. The number of carbonyl (C=O) groups is 1. The highest BCUT2D eigenvalue weighted by molar-refractivity contribution is 5.87. The van der Waals surface area contributed by atoms with Crippen LogP contribution in [0.4, 0.5) is 0 Å². The van der Waals surface area contributed by atoms with Crippen molar-refractivity contribution >= 4 is 5.97 Å². The van der Waals surface area contributed by atoms with Crippen LogP contribution >= 0.6 is 0 Å². The first kappa shape index (κ1) is 13.1. The molecule has 0 spiro atoms. The number of ether oxygens (including phenoxy) is 1. The molecule has 0 aromatic heterocycles. The molecule has 0 saturated carbocycles. The average Bonchev–Trinajstić information content (AvgIpc) is 2.40. The van der Waals surface area contributed by atoms with Crippen molar-refractivity contribution in [2.75, 3.05) is 0 Å². The highest BCUT2D eigenvalue weighted by Crippen LogP contribution is 2.16. The lowest BCUT2D eigenvalue weighted by Crippen LogP contribution is -1.98. The summed E-state index contributed by atoms with van der Waals surface area (Å²) in [4.78, 5) is 10.7. The number of benzene rings is 2. The molecular weight excluding hydrogens is 240 g/mol. The van der Waals surface area contributed by atoms with Crippen molar-refractivity contribution in [2.24, 2.45) is 0 Å². The monoisotopic (exact) mass is 256 g/mol. The zero-order chi connectivity index (χ0) is 13.8. The number of carboxylic acids is 1. The normalized spacial score (nSPS) is 10.2. The Kier molecular flexibility index (Phi) is 3.85. The Morgan fingerprint density at radius 3 is 2.32 bits per heavy atom. The van der Waals surface area contributed by atoms with Gasteiger partial charge in [0.2, 0.25) is 0 Å². The molecule has 0 bridgehead atoms. The maximum Gasteiger partial charge on any atom is 0.335 e. The van der Waals surface area contributed by atoms with Gasteiger partial charge in [0.05, 0.1) is 5.56 Å². The van der Waals surface area contributed by atoms with Gasteiger partial charge in [-0.1, -0.05) is 18.2 Å². The molecule has 0 aliphatic carbocycles. The van der Waals surface area contributed by atoms with Gasteiger partial charge in [0.1, 0.15) is 12.4 Å². The first-order valence-corrected chi connectivity index (χ1v) is 6.08. The van der Waals surface area contributed by atoms with Crippen LogP contribution in [-0.2, 0) is 6.61 Å². The van der Waals surface area contributed by atoms with E-state index in [1.54, 1.807) is 12.1 Å². The molecule has 0 amide bonds. The zero-order valence-corrected chi connectivity index (χ0v) is 11.0. The minimum absolute atomic E-state index is 0.263. The summed E-state index contributed by atoms with van der Waals surface area (Å²) in [6.45, 7) is 4.62. The van der Waals surface area contributed by atoms with E-state index in [0.717, 1.165) is 5.56 Å². The lowest BCUT2D eigenvalue weighted by atomic mass is 10.1. The molecule has 0 heterocycles. The fraction of sp³-hybridized carbons (Fsp3) is 0.188. The van der Waals surface area contributed by atoms with E-state index in [9.17, 15) is 4.79 Å². The standard InChI is InChI=1S/C16H16O3/c1-11-3-4-13(9-12(11)2)10-19-15-7-5-14(6-8-15)16(17)18/h3-9H,10H2,1-2H3,(H,17,18). The van der Waals surface area contributed by atoms with E-state index in [-0.39, 0.29) is 5.56 Å². The molecule has 2 rings (SSSR count). The Balaban J connectivity index is 2.01. The molecular formula is C16H16O3. The van der Waals surface area contributed by atoms with Gasteiger partial charge in [0.15, 0.2) is 0 Å². The summed E-state index contributed by atoms with van der Waals surface area (Å²) in [6, 6.07) is 12.6. The second-order valence-electron chi connectivity index (χ2n) is 4.54. The van der Waals surface area contributed by atoms with Gasteiger partial charge in [-0.2, -0.15) is 0 Å². The molecule has 2 aromatic carbocycles. The fourth-order valence-corrected chi connectivity index (χ4v) is 1.75. The van der Waals surface area contributed by atoms with Crippen LogP contribution in [0.25, 0.3) is 0 Å². The zero-order valence-electron chi connectivity index (χ0n) is 11.0. The molecule has 0 aliphatic heterocycles. The molecule has 0 aliphatic rings. The predicted molar refractivity (Wildman–Crippen MR) is 73.6 cm³/mol. The Morgan fingerprint density at radius 2 is 1.74 bits per heavy atom. The summed E-state index contributed by atoms with van der Waals surface area (Å²) >= 11 is 0. The summed E-state index contributed by atoms with van der Waals surface area (Å²) in [7, 11) is 0. The Labute approximate surface area is 112 Å². The van der Waals surface area contributed by atoms with E-state index in [1.165, 1.54) is 23.3 Å². The smallest absolute Gasteiger partial charge is 0.335 e. The minimum Gasteiger partial charge on any atom is -0.489 e. The van der Waals surface area contributed by atoms with E-state index >= 15 is 0 Å². The lowest BCUT2D eigenvalue weighted by Gasteiger charge is -2.08. The highest BCUT2D eigenvalue weighted by atomic mass is 16.5. The third-order valence-corrected chi connectivity index (χ3v) is 3.08. The number of aryl methyl sites for hydroxylation is 2. The largest absolute Gasteiger partial charge is 0.489 e. The molecule has 0 saturated heterocycles. The Morgan fingerprint density at radius 1 is 1.05 bits per heavy atom. The van der Waals surface area contributed by atoms with Crippen LogP contribution in [0, 0.1) is 13.8 Å². The third kappa shape index (κ3) is 3.35. The van der Waals surface area contributed by atoms with E-state index in [1.807, 2.05) is 6.07 Å². The quantitative estimate of drug-likeness (QED) is 0.909. The van der Waals surface area contributed by atoms with Crippen LogP contribution in [0.2, 0.25) is 0 Å². The van der Waals surface area contributed by atoms with Crippen molar-refractivity contribution in [3.8, 4) is 5.75 Å². The summed E-state index contributed by atoms with van der Waals surface area (Å²) in [6.07, 6.45) is 0. The highest BCUT2D eigenvalue weighted by Gasteiger charge is 2.02. The van der Waals surface area contributed by atoms with Gasteiger partial charge in [-0.05, 0) is 54.8 Å². The average molecular weight is 256 g/mol. The molecule has 98 valence electrons. The van der Waals surface area contributed by atoms with Gasteiger partial charge in [-0.15, -0.1) is 0 Å². The number of carboxylic acid groups (broad SMARTS) is 1. The molecule has 3 heteroatoms. The number of aromatic carboxylic acids is 1. The summed E-state index contributed by atoms with van der Waals surface area (Å²) in [5.41, 5.74) is 3.86. The van der Waals surface area contributed by atoms with Crippen LogP contribution in [0.1, 0.15) is 27.0 Å². The summed E-state index contributed by atoms with van der Waals surface area (Å²) in [5.74, 6) is -0.260. The molecule has 1 N–H and O–H groups in total. The van der Waals surface area contributed by atoms with E-state index in [0.29, 0.717) is 12.4 Å². The number of hydrogen-bond acceptors (Lipinski definition) is 2. The Bertz CT molecular complexity index is 585. The maximum absolute atomic E-state index is 10.7. The Hall–Kier alpha value is -2.29. The van der Waals surface area contributed by atoms with Gasteiger partial charge < -0.3 is 9.84 Å². The second kappa shape index (κ2) is 5.57. The number of rotatable bonds is 4. The van der Waals surface area contributed by atoms with Crippen LogP contribution in [0.3, 0.4) is 0 Å². The first-order valence-electron chi connectivity index (χ1n) is 6.08. The van der Waals surface area contributed by atoms with Crippen molar-refractivity contribution < 1.29 is 14.6 Å². The van der Waals surface area contributed by atoms with Gasteiger partial charge >= 0.3 is 5.97 Å². The molecule has 0 fully saturated rings. The lowest BCUT2D eigenvalue weighted by molar-refractivity contribution is 0.0697. The van der Waals surface area contributed by atoms with Crippen LogP contribution in [-0.4, -0.2) is 11.1 Å². The molecule has 3 nitrogen and oxygen atoms in total. The molecule has 0 radical (unpaired) electrons. The second-order valence-corrected chi connectivity index (χ2v) is 4.54. The predicted octanol–water partition coefficient (Wildman–Crippen LogP) is 3.58. The topological polar surface area (TPSA) is 46.5 Å². The third-order valence-electron chi connectivity index (χ3n) is 3.08.